The van der Waals surface area contributed by atoms with E-state index in [0.717, 1.165) is 25.0 Å². The average molecular weight is 226 g/mol. The van der Waals surface area contributed by atoms with E-state index in [2.05, 4.69) is 40.7 Å². The van der Waals surface area contributed by atoms with E-state index in [9.17, 15) is 0 Å². The van der Waals surface area contributed by atoms with Crippen LogP contribution in [0, 0.1) is 11.8 Å². The zero-order valence-electron chi connectivity index (χ0n) is 11.3. The molecule has 2 nitrogen and oxygen atoms in total. The highest BCUT2D eigenvalue weighted by molar-refractivity contribution is 5.02. The van der Waals surface area contributed by atoms with Crippen LogP contribution in [0.5, 0.6) is 0 Å². The van der Waals surface area contributed by atoms with E-state index in [-0.39, 0.29) is 12.4 Å². The van der Waals surface area contributed by atoms with Gasteiger partial charge in [-0.3, -0.25) is 0 Å². The first-order valence-electron chi connectivity index (χ1n) is 6.54. The predicted octanol–water partition coefficient (Wildman–Crippen LogP) is 4.11. The molecule has 2 atom stereocenters. The fourth-order valence-electron chi connectivity index (χ4n) is 1.96. The van der Waals surface area contributed by atoms with Crippen LogP contribution in [0.25, 0.3) is 0 Å². The van der Waals surface area contributed by atoms with Gasteiger partial charge in [0.1, 0.15) is 0 Å². The summed E-state index contributed by atoms with van der Waals surface area (Å²) in [5.74, 6) is 2.43. The summed E-state index contributed by atoms with van der Waals surface area (Å²) in [5.41, 5.74) is 0. The average Bonchev–Trinajstić information content (AvgIpc) is 2.14. The smallest absolute Gasteiger partial charge is 0.199 e. The molecule has 0 amide bonds. The van der Waals surface area contributed by atoms with Crippen LogP contribution in [0.4, 0.5) is 0 Å². The topological polar surface area (TPSA) is 18.5 Å². The van der Waals surface area contributed by atoms with Crippen molar-refractivity contribution >= 4 is 0 Å². The van der Waals surface area contributed by atoms with E-state index in [0.29, 0.717) is 11.8 Å². The minimum Gasteiger partial charge on any atom is -0.470 e. The van der Waals surface area contributed by atoms with Gasteiger partial charge in [0.15, 0.2) is 6.29 Å². The number of allylic oxidation sites excluding steroid dienone is 1. The fraction of sp³-hybridized carbons (Fsp3) is 0.857. The molecule has 0 saturated heterocycles. The maximum absolute atomic E-state index is 5.86. The molecule has 0 radical (unpaired) electrons. The Labute approximate surface area is 100 Å². The van der Waals surface area contributed by atoms with Crippen LogP contribution >= 0.6 is 0 Å². The summed E-state index contributed by atoms with van der Waals surface area (Å²) in [7, 11) is 0. The molecule has 0 N–H and O–H groups in total. The van der Waals surface area contributed by atoms with Crippen molar-refractivity contribution in [2.45, 2.75) is 66.3 Å². The molecule has 16 heavy (non-hydrogen) atoms. The summed E-state index contributed by atoms with van der Waals surface area (Å²) < 4.78 is 11.7. The Morgan fingerprint density at radius 3 is 2.38 bits per heavy atom. The molecule has 0 fully saturated rings. The maximum Gasteiger partial charge on any atom is 0.199 e. The molecule has 0 spiro atoms. The molecule has 1 rings (SSSR count). The van der Waals surface area contributed by atoms with Crippen LogP contribution in [0.1, 0.15) is 53.9 Å². The molecule has 1 aliphatic rings. The Balaban J connectivity index is 2.62. The zero-order valence-corrected chi connectivity index (χ0v) is 11.3. The van der Waals surface area contributed by atoms with Crippen molar-refractivity contribution in [3.63, 3.8) is 0 Å². The summed E-state index contributed by atoms with van der Waals surface area (Å²) in [4.78, 5) is 0. The van der Waals surface area contributed by atoms with Crippen molar-refractivity contribution in [3.8, 4) is 0 Å². The van der Waals surface area contributed by atoms with Crippen molar-refractivity contribution in [1.29, 1.82) is 0 Å². The highest BCUT2D eigenvalue weighted by Gasteiger charge is 2.23. The van der Waals surface area contributed by atoms with Crippen LogP contribution < -0.4 is 0 Å². The van der Waals surface area contributed by atoms with Gasteiger partial charge in [-0.25, -0.2) is 0 Å². The first-order valence-corrected chi connectivity index (χ1v) is 6.54. The van der Waals surface area contributed by atoms with Crippen LogP contribution in [0.15, 0.2) is 11.8 Å². The fourth-order valence-corrected chi connectivity index (χ4v) is 1.96. The standard InChI is InChI=1S/C14H26O2/c1-6-14-15-12(7-10(2)3)9-13(16-14)8-11(4)5/h9-12,14H,6-8H2,1-5H3. The minimum atomic E-state index is -0.0394. The largest absolute Gasteiger partial charge is 0.470 e. The molecule has 0 saturated carbocycles. The van der Waals surface area contributed by atoms with E-state index in [4.69, 9.17) is 9.47 Å². The van der Waals surface area contributed by atoms with Crippen molar-refractivity contribution in [2.75, 3.05) is 0 Å². The van der Waals surface area contributed by atoms with Crippen LogP contribution in [-0.2, 0) is 9.47 Å². The number of hydrogen-bond acceptors (Lipinski definition) is 2. The number of rotatable bonds is 5. The first-order chi connectivity index (χ1) is 7.51. The Morgan fingerprint density at radius 1 is 1.19 bits per heavy atom. The summed E-state index contributed by atoms with van der Waals surface area (Å²) >= 11 is 0. The molecular weight excluding hydrogens is 200 g/mol. The second kappa shape index (κ2) is 6.29. The van der Waals surface area contributed by atoms with Crippen molar-refractivity contribution in [2.24, 2.45) is 11.8 Å². The van der Waals surface area contributed by atoms with Crippen LogP contribution in [-0.4, -0.2) is 12.4 Å². The van der Waals surface area contributed by atoms with Gasteiger partial charge >= 0.3 is 0 Å². The highest BCUT2D eigenvalue weighted by Crippen LogP contribution is 2.26. The Morgan fingerprint density at radius 2 is 1.88 bits per heavy atom. The van der Waals surface area contributed by atoms with E-state index < -0.39 is 0 Å². The van der Waals surface area contributed by atoms with Gasteiger partial charge in [-0.15, -0.1) is 0 Å². The normalized spacial score (nSPS) is 25.8. The molecule has 0 aromatic carbocycles. The first kappa shape index (κ1) is 13.6. The molecule has 0 aromatic heterocycles. The monoisotopic (exact) mass is 226 g/mol. The van der Waals surface area contributed by atoms with Gasteiger partial charge in [-0.2, -0.15) is 0 Å². The maximum atomic E-state index is 5.86. The van der Waals surface area contributed by atoms with Gasteiger partial charge in [0.05, 0.1) is 11.9 Å². The van der Waals surface area contributed by atoms with E-state index in [1.807, 2.05) is 0 Å². The van der Waals surface area contributed by atoms with Gasteiger partial charge in [-0.1, -0.05) is 34.6 Å². The predicted molar refractivity (Wildman–Crippen MR) is 67.0 cm³/mol. The molecule has 1 aliphatic heterocycles. The highest BCUT2D eigenvalue weighted by atomic mass is 16.7. The third-order valence-corrected chi connectivity index (χ3v) is 2.63. The summed E-state index contributed by atoms with van der Waals surface area (Å²) in [6, 6.07) is 0. The van der Waals surface area contributed by atoms with Gasteiger partial charge < -0.3 is 9.47 Å². The van der Waals surface area contributed by atoms with Crippen molar-refractivity contribution < 1.29 is 9.47 Å². The molecule has 1 heterocycles. The second-order valence-electron chi connectivity index (χ2n) is 5.49. The molecule has 0 bridgehead atoms. The molecule has 94 valence electrons. The SMILES string of the molecule is CCC1OC(CC(C)C)=CC(CC(C)C)O1. The van der Waals surface area contributed by atoms with E-state index >= 15 is 0 Å². The third kappa shape index (κ3) is 4.56. The Kier molecular flexibility index (Phi) is 5.33. The quantitative estimate of drug-likeness (QED) is 0.702. The number of hydrogen-bond donors (Lipinski definition) is 0. The molecule has 0 aliphatic carbocycles. The molecule has 2 heteroatoms. The van der Waals surface area contributed by atoms with Gasteiger partial charge in [0, 0.05) is 12.8 Å². The Bertz CT molecular complexity index is 231. The molecule has 0 aromatic rings. The van der Waals surface area contributed by atoms with Crippen LogP contribution in [0.3, 0.4) is 0 Å². The van der Waals surface area contributed by atoms with E-state index in [1.54, 1.807) is 0 Å². The second-order valence-corrected chi connectivity index (χ2v) is 5.49. The van der Waals surface area contributed by atoms with Gasteiger partial charge in [0.2, 0.25) is 0 Å². The minimum absolute atomic E-state index is 0.0394. The lowest BCUT2D eigenvalue weighted by Gasteiger charge is -2.31. The summed E-state index contributed by atoms with van der Waals surface area (Å²) in [6.07, 6.45) is 5.40. The summed E-state index contributed by atoms with van der Waals surface area (Å²) in [6.45, 7) is 11.0. The summed E-state index contributed by atoms with van der Waals surface area (Å²) in [5, 5.41) is 0. The lowest BCUT2D eigenvalue weighted by atomic mass is 10.0. The van der Waals surface area contributed by atoms with Gasteiger partial charge in [0.25, 0.3) is 0 Å². The number of ether oxygens (including phenoxy) is 2. The lowest BCUT2D eigenvalue weighted by molar-refractivity contribution is -0.161. The zero-order chi connectivity index (χ0) is 12.1. The third-order valence-electron chi connectivity index (χ3n) is 2.63. The Hall–Kier alpha value is -0.500. The molecule has 2 unspecified atom stereocenters. The van der Waals surface area contributed by atoms with E-state index in [1.165, 1.54) is 0 Å². The molecular formula is C14H26O2. The lowest BCUT2D eigenvalue weighted by Crippen LogP contribution is -2.29. The van der Waals surface area contributed by atoms with Gasteiger partial charge in [-0.05, 0) is 24.3 Å². The van der Waals surface area contributed by atoms with Crippen molar-refractivity contribution in [3.05, 3.63) is 11.8 Å². The van der Waals surface area contributed by atoms with Crippen LogP contribution in [0.2, 0.25) is 0 Å². The van der Waals surface area contributed by atoms with Crippen molar-refractivity contribution in [1.82, 2.24) is 0 Å².